The number of rotatable bonds is 5. The molecule has 1 heterocycles. The van der Waals surface area contributed by atoms with Gasteiger partial charge in [0, 0.05) is 30.8 Å². The van der Waals surface area contributed by atoms with E-state index >= 15 is 0 Å². The SMILES string of the molecule is C=CCOC1CCCN(C(=O)c2ccc([N+](=O)[O-])cc2)C1. The molecule has 1 aliphatic rings. The lowest BCUT2D eigenvalue weighted by Crippen LogP contribution is -2.43. The van der Waals surface area contributed by atoms with Crippen molar-refractivity contribution in [3.63, 3.8) is 0 Å². The Labute approximate surface area is 123 Å². The largest absolute Gasteiger partial charge is 0.372 e. The van der Waals surface area contributed by atoms with Crippen molar-refractivity contribution in [3.05, 3.63) is 52.6 Å². The molecule has 1 saturated heterocycles. The highest BCUT2D eigenvalue weighted by atomic mass is 16.6. The molecule has 0 spiro atoms. The first-order valence-electron chi connectivity index (χ1n) is 6.88. The summed E-state index contributed by atoms with van der Waals surface area (Å²) in [5.74, 6) is -0.114. The highest BCUT2D eigenvalue weighted by Gasteiger charge is 2.25. The molecule has 0 aromatic heterocycles. The summed E-state index contributed by atoms with van der Waals surface area (Å²) in [5.41, 5.74) is 0.447. The second-order valence-electron chi connectivity index (χ2n) is 4.94. The summed E-state index contributed by atoms with van der Waals surface area (Å²) >= 11 is 0. The number of nitro groups is 1. The van der Waals surface area contributed by atoms with Gasteiger partial charge in [0.2, 0.25) is 0 Å². The van der Waals surface area contributed by atoms with E-state index < -0.39 is 4.92 Å². The minimum Gasteiger partial charge on any atom is -0.372 e. The van der Waals surface area contributed by atoms with Crippen LogP contribution in [0.5, 0.6) is 0 Å². The molecule has 21 heavy (non-hydrogen) atoms. The number of carbonyl (C=O) groups excluding carboxylic acids is 1. The van der Waals surface area contributed by atoms with E-state index in [2.05, 4.69) is 6.58 Å². The Morgan fingerprint density at radius 2 is 2.19 bits per heavy atom. The number of nitro benzene ring substituents is 1. The summed E-state index contributed by atoms with van der Waals surface area (Å²) in [6.45, 7) is 5.31. The number of ether oxygens (including phenoxy) is 1. The Kier molecular flexibility index (Phi) is 5.05. The molecule has 112 valence electrons. The molecule has 0 aliphatic carbocycles. The maximum absolute atomic E-state index is 12.4. The molecule has 2 rings (SSSR count). The molecule has 0 radical (unpaired) electrons. The minimum absolute atomic E-state index is 0.0163. The minimum atomic E-state index is -0.478. The van der Waals surface area contributed by atoms with Crippen LogP contribution in [-0.2, 0) is 4.74 Å². The topological polar surface area (TPSA) is 72.7 Å². The number of nitrogens with zero attached hydrogens (tertiary/aromatic N) is 2. The zero-order valence-corrected chi connectivity index (χ0v) is 11.7. The maximum atomic E-state index is 12.4. The van der Waals surface area contributed by atoms with Gasteiger partial charge in [-0.05, 0) is 25.0 Å². The van der Waals surface area contributed by atoms with E-state index in [0.29, 0.717) is 25.3 Å². The van der Waals surface area contributed by atoms with Crippen molar-refractivity contribution in [3.8, 4) is 0 Å². The van der Waals surface area contributed by atoms with Crippen molar-refractivity contribution in [2.45, 2.75) is 18.9 Å². The van der Waals surface area contributed by atoms with Crippen molar-refractivity contribution < 1.29 is 14.5 Å². The van der Waals surface area contributed by atoms with Gasteiger partial charge in [-0.25, -0.2) is 0 Å². The van der Waals surface area contributed by atoms with Crippen LogP contribution in [0.15, 0.2) is 36.9 Å². The maximum Gasteiger partial charge on any atom is 0.269 e. The molecule has 6 nitrogen and oxygen atoms in total. The number of carbonyl (C=O) groups is 1. The molecule has 6 heteroatoms. The van der Waals surface area contributed by atoms with E-state index in [1.165, 1.54) is 24.3 Å². The third-order valence-corrected chi connectivity index (χ3v) is 3.44. The first-order chi connectivity index (χ1) is 10.1. The van der Waals surface area contributed by atoms with Crippen LogP contribution in [0.3, 0.4) is 0 Å². The number of piperidine rings is 1. The molecule has 1 amide bonds. The van der Waals surface area contributed by atoms with Crippen molar-refractivity contribution in [1.29, 1.82) is 0 Å². The molecule has 1 aliphatic heterocycles. The van der Waals surface area contributed by atoms with E-state index in [-0.39, 0.29) is 17.7 Å². The zero-order chi connectivity index (χ0) is 15.2. The molecule has 1 aromatic carbocycles. The van der Waals surface area contributed by atoms with Crippen LogP contribution in [0.25, 0.3) is 0 Å². The first-order valence-corrected chi connectivity index (χ1v) is 6.88. The van der Waals surface area contributed by atoms with Crippen LogP contribution in [0, 0.1) is 10.1 Å². The second kappa shape index (κ2) is 6.99. The lowest BCUT2D eigenvalue weighted by molar-refractivity contribution is -0.384. The van der Waals surface area contributed by atoms with Gasteiger partial charge in [-0.2, -0.15) is 0 Å². The van der Waals surface area contributed by atoms with Crippen LogP contribution in [0.4, 0.5) is 5.69 Å². The van der Waals surface area contributed by atoms with Gasteiger partial charge in [0.15, 0.2) is 0 Å². The summed E-state index contributed by atoms with van der Waals surface area (Å²) in [4.78, 5) is 24.3. The van der Waals surface area contributed by atoms with E-state index in [0.717, 1.165) is 12.8 Å². The number of likely N-dealkylation sites (tertiary alicyclic amines) is 1. The summed E-state index contributed by atoms with van der Waals surface area (Å²) in [7, 11) is 0. The molecule has 0 N–H and O–H groups in total. The summed E-state index contributed by atoms with van der Waals surface area (Å²) in [6, 6.07) is 5.69. The third-order valence-electron chi connectivity index (χ3n) is 3.44. The van der Waals surface area contributed by atoms with Crippen molar-refractivity contribution in [2.75, 3.05) is 19.7 Å². The van der Waals surface area contributed by atoms with Gasteiger partial charge in [0.05, 0.1) is 17.6 Å². The van der Waals surface area contributed by atoms with E-state index in [1.54, 1.807) is 11.0 Å². The lowest BCUT2D eigenvalue weighted by Gasteiger charge is -2.32. The number of amides is 1. The Balaban J connectivity index is 2.01. The zero-order valence-electron chi connectivity index (χ0n) is 11.7. The van der Waals surface area contributed by atoms with Gasteiger partial charge in [0.1, 0.15) is 0 Å². The highest BCUT2D eigenvalue weighted by Crippen LogP contribution is 2.18. The monoisotopic (exact) mass is 290 g/mol. The van der Waals surface area contributed by atoms with Gasteiger partial charge in [0.25, 0.3) is 11.6 Å². The molecular formula is C15H18N2O4. The Bertz CT molecular complexity index is 527. The number of hydrogen-bond donors (Lipinski definition) is 0. The van der Waals surface area contributed by atoms with Crippen molar-refractivity contribution >= 4 is 11.6 Å². The van der Waals surface area contributed by atoms with Crippen LogP contribution >= 0.6 is 0 Å². The van der Waals surface area contributed by atoms with Gasteiger partial charge in [-0.1, -0.05) is 6.08 Å². The summed E-state index contributed by atoms with van der Waals surface area (Å²) < 4.78 is 5.60. The van der Waals surface area contributed by atoms with Gasteiger partial charge in [-0.15, -0.1) is 6.58 Å². The number of benzene rings is 1. The summed E-state index contributed by atoms with van der Waals surface area (Å²) in [6.07, 6.45) is 3.54. The van der Waals surface area contributed by atoms with Crippen molar-refractivity contribution in [2.24, 2.45) is 0 Å². The quantitative estimate of drug-likeness (QED) is 0.474. The second-order valence-corrected chi connectivity index (χ2v) is 4.94. The van der Waals surface area contributed by atoms with E-state index in [1.807, 2.05) is 0 Å². The predicted octanol–water partition coefficient (Wildman–Crippen LogP) is 2.40. The molecular weight excluding hydrogens is 272 g/mol. The molecule has 0 saturated carbocycles. The average molecular weight is 290 g/mol. The normalized spacial score (nSPS) is 18.3. The Morgan fingerprint density at radius 3 is 2.81 bits per heavy atom. The predicted molar refractivity (Wildman–Crippen MR) is 78.2 cm³/mol. The molecule has 1 fully saturated rings. The van der Waals surface area contributed by atoms with E-state index in [4.69, 9.17) is 4.74 Å². The fourth-order valence-electron chi connectivity index (χ4n) is 2.37. The average Bonchev–Trinajstić information content (AvgIpc) is 2.52. The molecule has 1 atom stereocenters. The molecule has 0 bridgehead atoms. The van der Waals surface area contributed by atoms with Crippen molar-refractivity contribution in [1.82, 2.24) is 4.90 Å². The first kappa shape index (κ1) is 15.2. The van der Waals surface area contributed by atoms with Crippen LogP contribution in [0.1, 0.15) is 23.2 Å². The van der Waals surface area contributed by atoms with Gasteiger partial charge >= 0.3 is 0 Å². The van der Waals surface area contributed by atoms with Gasteiger partial charge in [-0.3, -0.25) is 14.9 Å². The molecule has 1 unspecified atom stereocenters. The highest BCUT2D eigenvalue weighted by molar-refractivity contribution is 5.94. The Morgan fingerprint density at radius 1 is 1.48 bits per heavy atom. The fraction of sp³-hybridized carbons (Fsp3) is 0.400. The fourth-order valence-corrected chi connectivity index (χ4v) is 2.37. The van der Waals surface area contributed by atoms with Crippen LogP contribution in [-0.4, -0.2) is 41.5 Å². The van der Waals surface area contributed by atoms with Crippen LogP contribution < -0.4 is 0 Å². The third kappa shape index (κ3) is 3.88. The van der Waals surface area contributed by atoms with E-state index in [9.17, 15) is 14.9 Å². The number of non-ortho nitro benzene ring substituents is 1. The number of hydrogen-bond acceptors (Lipinski definition) is 4. The smallest absolute Gasteiger partial charge is 0.269 e. The van der Waals surface area contributed by atoms with Gasteiger partial charge < -0.3 is 9.64 Å². The summed E-state index contributed by atoms with van der Waals surface area (Å²) in [5, 5.41) is 10.6. The van der Waals surface area contributed by atoms with Crippen LogP contribution in [0.2, 0.25) is 0 Å². The lowest BCUT2D eigenvalue weighted by atomic mass is 10.1. The molecule has 1 aromatic rings. The standard InChI is InChI=1S/C15H18N2O4/c1-2-10-21-14-4-3-9-16(11-14)15(18)12-5-7-13(8-6-12)17(19)20/h2,5-8,14H,1,3-4,9-11H2. The Hall–Kier alpha value is -2.21.